The Labute approximate surface area is 95.8 Å². The Balaban J connectivity index is 2.34. The molecule has 0 aliphatic heterocycles. The minimum atomic E-state index is 0.164. The van der Waals surface area contributed by atoms with Crippen LogP contribution in [0, 0.1) is 11.8 Å². The predicted octanol–water partition coefficient (Wildman–Crippen LogP) is 4.11. The molecule has 1 saturated carbocycles. The van der Waals surface area contributed by atoms with Crippen molar-refractivity contribution in [2.45, 2.75) is 77.7 Å². The van der Waals surface area contributed by atoms with E-state index in [0.717, 1.165) is 5.92 Å². The summed E-state index contributed by atoms with van der Waals surface area (Å²) in [6.07, 6.45) is 10.7. The summed E-state index contributed by atoms with van der Waals surface area (Å²) >= 11 is 0. The van der Waals surface area contributed by atoms with Crippen LogP contribution in [-0.4, -0.2) is 5.54 Å². The fourth-order valence-electron chi connectivity index (χ4n) is 2.90. The Hall–Kier alpha value is -0.0400. The largest absolute Gasteiger partial charge is 0.325 e. The van der Waals surface area contributed by atoms with Gasteiger partial charge in [0.15, 0.2) is 0 Å². The first-order chi connectivity index (χ1) is 7.12. The van der Waals surface area contributed by atoms with Gasteiger partial charge in [0.05, 0.1) is 0 Å². The van der Waals surface area contributed by atoms with Crippen LogP contribution in [-0.2, 0) is 0 Å². The van der Waals surface area contributed by atoms with Gasteiger partial charge in [0.1, 0.15) is 0 Å². The third-order valence-electron chi connectivity index (χ3n) is 4.60. The minimum absolute atomic E-state index is 0.164. The summed E-state index contributed by atoms with van der Waals surface area (Å²) in [6, 6.07) is 0. The molecule has 1 heteroatoms. The maximum absolute atomic E-state index is 6.50. The highest BCUT2D eigenvalue weighted by Crippen LogP contribution is 2.38. The monoisotopic (exact) mass is 211 g/mol. The Morgan fingerprint density at radius 2 is 1.87 bits per heavy atom. The molecule has 15 heavy (non-hydrogen) atoms. The molecule has 0 radical (unpaired) electrons. The van der Waals surface area contributed by atoms with E-state index in [0.29, 0.717) is 5.92 Å². The predicted molar refractivity (Wildman–Crippen MR) is 67.9 cm³/mol. The van der Waals surface area contributed by atoms with Gasteiger partial charge in [-0.15, -0.1) is 0 Å². The van der Waals surface area contributed by atoms with Gasteiger partial charge in [0.2, 0.25) is 0 Å². The second-order valence-electron chi connectivity index (χ2n) is 5.63. The van der Waals surface area contributed by atoms with Crippen molar-refractivity contribution in [3.8, 4) is 0 Å². The first kappa shape index (κ1) is 13.0. The van der Waals surface area contributed by atoms with E-state index in [9.17, 15) is 0 Å². The van der Waals surface area contributed by atoms with Crippen molar-refractivity contribution < 1.29 is 0 Å². The molecule has 0 aromatic rings. The van der Waals surface area contributed by atoms with Crippen LogP contribution in [0.15, 0.2) is 0 Å². The fourth-order valence-corrected chi connectivity index (χ4v) is 2.90. The Morgan fingerprint density at radius 3 is 2.33 bits per heavy atom. The van der Waals surface area contributed by atoms with E-state index in [1.807, 2.05) is 0 Å². The Morgan fingerprint density at radius 1 is 1.27 bits per heavy atom. The van der Waals surface area contributed by atoms with E-state index in [2.05, 4.69) is 20.8 Å². The van der Waals surface area contributed by atoms with Crippen molar-refractivity contribution in [3.63, 3.8) is 0 Å². The molecule has 1 atom stereocenters. The Bertz CT molecular complexity index is 168. The van der Waals surface area contributed by atoms with Crippen molar-refractivity contribution in [1.82, 2.24) is 0 Å². The number of nitrogens with two attached hydrogens (primary N) is 1. The highest BCUT2D eigenvalue weighted by atomic mass is 14.8. The molecule has 0 bridgehead atoms. The zero-order valence-electron chi connectivity index (χ0n) is 10.9. The van der Waals surface area contributed by atoms with Gasteiger partial charge in [-0.3, -0.25) is 0 Å². The number of rotatable bonds is 5. The van der Waals surface area contributed by atoms with E-state index >= 15 is 0 Å². The fraction of sp³-hybridized carbons (Fsp3) is 1.00. The van der Waals surface area contributed by atoms with Gasteiger partial charge >= 0.3 is 0 Å². The number of hydrogen-bond acceptors (Lipinski definition) is 1. The third-order valence-corrected chi connectivity index (χ3v) is 4.60. The molecule has 0 saturated heterocycles. The average Bonchev–Trinajstić information content (AvgIpc) is 2.27. The molecule has 90 valence electrons. The molecule has 0 aromatic heterocycles. The molecule has 1 rings (SSSR count). The lowest BCUT2D eigenvalue weighted by Gasteiger charge is -2.41. The number of unbranched alkanes of at least 4 members (excludes halogenated alkanes) is 1. The maximum Gasteiger partial charge on any atom is 0.0180 e. The van der Waals surface area contributed by atoms with Gasteiger partial charge in [-0.25, -0.2) is 0 Å². The molecular formula is C14H29N. The quantitative estimate of drug-likeness (QED) is 0.727. The smallest absolute Gasteiger partial charge is 0.0180 e. The van der Waals surface area contributed by atoms with E-state index in [-0.39, 0.29) is 5.54 Å². The molecule has 2 N–H and O–H groups in total. The normalized spacial score (nSPS) is 34.0. The second-order valence-corrected chi connectivity index (χ2v) is 5.63. The lowest BCUT2D eigenvalue weighted by molar-refractivity contribution is 0.162. The van der Waals surface area contributed by atoms with Gasteiger partial charge in [-0.2, -0.15) is 0 Å². The molecule has 0 heterocycles. The molecule has 1 aliphatic carbocycles. The Kier molecular flexibility index (Phi) is 5.11. The minimum Gasteiger partial charge on any atom is -0.325 e. The van der Waals surface area contributed by atoms with Crippen LogP contribution in [0.1, 0.15) is 72.1 Å². The highest BCUT2D eigenvalue weighted by Gasteiger charge is 2.34. The SMILES string of the molecule is CCCCC1CCC(N)(C(C)CC)CC1. The topological polar surface area (TPSA) is 26.0 Å². The molecule has 0 spiro atoms. The summed E-state index contributed by atoms with van der Waals surface area (Å²) in [7, 11) is 0. The lowest BCUT2D eigenvalue weighted by Crippen LogP contribution is -2.48. The van der Waals surface area contributed by atoms with Crippen LogP contribution >= 0.6 is 0 Å². The summed E-state index contributed by atoms with van der Waals surface area (Å²) in [4.78, 5) is 0. The van der Waals surface area contributed by atoms with Crippen LogP contribution in [0.5, 0.6) is 0 Å². The van der Waals surface area contributed by atoms with Crippen molar-refractivity contribution >= 4 is 0 Å². The summed E-state index contributed by atoms with van der Waals surface area (Å²) < 4.78 is 0. The zero-order chi connectivity index (χ0) is 11.3. The molecule has 1 unspecified atom stereocenters. The van der Waals surface area contributed by atoms with E-state index in [1.54, 1.807) is 0 Å². The molecule has 1 nitrogen and oxygen atoms in total. The van der Waals surface area contributed by atoms with Crippen LogP contribution in [0.25, 0.3) is 0 Å². The lowest BCUT2D eigenvalue weighted by atomic mass is 9.69. The summed E-state index contributed by atoms with van der Waals surface area (Å²) in [5.74, 6) is 1.68. The van der Waals surface area contributed by atoms with Crippen molar-refractivity contribution in [2.75, 3.05) is 0 Å². The van der Waals surface area contributed by atoms with Crippen molar-refractivity contribution in [1.29, 1.82) is 0 Å². The van der Waals surface area contributed by atoms with Gasteiger partial charge in [-0.05, 0) is 37.5 Å². The highest BCUT2D eigenvalue weighted by molar-refractivity contribution is 4.93. The van der Waals surface area contributed by atoms with Crippen molar-refractivity contribution in [3.05, 3.63) is 0 Å². The zero-order valence-corrected chi connectivity index (χ0v) is 10.9. The van der Waals surface area contributed by atoms with Crippen LogP contribution in [0.4, 0.5) is 0 Å². The number of hydrogen-bond donors (Lipinski definition) is 1. The average molecular weight is 211 g/mol. The van der Waals surface area contributed by atoms with Gasteiger partial charge in [0, 0.05) is 5.54 Å². The van der Waals surface area contributed by atoms with E-state index in [1.165, 1.54) is 51.4 Å². The van der Waals surface area contributed by atoms with Crippen LogP contribution < -0.4 is 5.73 Å². The first-order valence-electron chi connectivity index (χ1n) is 6.91. The molecular weight excluding hydrogens is 182 g/mol. The second kappa shape index (κ2) is 5.89. The van der Waals surface area contributed by atoms with Gasteiger partial charge in [0.25, 0.3) is 0 Å². The molecule has 1 aliphatic rings. The van der Waals surface area contributed by atoms with Crippen LogP contribution in [0.2, 0.25) is 0 Å². The molecule has 0 amide bonds. The first-order valence-corrected chi connectivity index (χ1v) is 6.91. The van der Waals surface area contributed by atoms with Gasteiger partial charge < -0.3 is 5.73 Å². The van der Waals surface area contributed by atoms with E-state index < -0.39 is 0 Å². The standard InChI is InChI=1S/C14H29N/c1-4-6-7-13-8-10-14(15,11-9-13)12(3)5-2/h12-13H,4-11,15H2,1-3H3. The third kappa shape index (κ3) is 3.48. The van der Waals surface area contributed by atoms with Gasteiger partial charge in [-0.1, -0.05) is 46.5 Å². The van der Waals surface area contributed by atoms with E-state index in [4.69, 9.17) is 5.73 Å². The summed E-state index contributed by atoms with van der Waals surface area (Å²) in [5, 5.41) is 0. The molecule has 0 aromatic carbocycles. The maximum atomic E-state index is 6.50. The molecule has 1 fully saturated rings. The summed E-state index contributed by atoms with van der Waals surface area (Å²) in [6.45, 7) is 6.88. The van der Waals surface area contributed by atoms with Crippen LogP contribution in [0.3, 0.4) is 0 Å². The summed E-state index contributed by atoms with van der Waals surface area (Å²) in [5.41, 5.74) is 6.67. The van der Waals surface area contributed by atoms with Crippen molar-refractivity contribution in [2.24, 2.45) is 17.6 Å².